The quantitative estimate of drug-likeness (QED) is 0.395. The van der Waals surface area contributed by atoms with Crippen LogP contribution in [0.4, 0.5) is 5.69 Å². The van der Waals surface area contributed by atoms with E-state index in [-0.39, 0.29) is 23.8 Å². The maximum absolute atomic E-state index is 12.3. The van der Waals surface area contributed by atoms with Crippen LogP contribution >= 0.6 is 11.8 Å². The molecule has 146 valence electrons. The van der Waals surface area contributed by atoms with Crippen molar-refractivity contribution in [1.29, 1.82) is 5.26 Å². The Bertz CT molecular complexity index is 992. The fraction of sp³-hybridized carbons (Fsp3) is 0.143. The zero-order valence-electron chi connectivity index (χ0n) is 15.3. The zero-order chi connectivity index (χ0) is 21.1. The van der Waals surface area contributed by atoms with E-state index in [0.29, 0.717) is 16.1 Å². The molecule has 0 heterocycles. The number of esters is 1. The van der Waals surface area contributed by atoms with Crippen molar-refractivity contribution in [2.24, 2.45) is 0 Å². The Morgan fingerprint density at radius 2 is 1.90 bits per heavy atom. The highest BCUT2D eigenvalue weighted by Crippen LogP contribution is 2.23. The zero-order valence-corrected chi connectivity index (χ0v) is 16.1. The molecule has 2 aromatic carbocycles. The minimum atomic E-state index is -0.675. The summed E-state index contributed by atoms with van der Waals surface area (Å²) in [6, 6.07) is 15.2. The van der Waals surface area contributed by atoms with Gasteiger partial charge < -0.3 is 15.4 Å². The maximum Gasteiger partial charge on any atom is 0.339 e. The van der Waals surface area contributed by atoms with E-state index in [1.807, 2.05) is 6.07 Å². The number of terminal acetylenes is 1. The lowest BCUT2D eigenvalue weighted by Crippen LogP contribution is -2.29. The molecule has 0 atom stereocenters. The average Bonchev–Trinajstić information content (AvgIpc) is 2.74. The molecule has 2 rings (SSSR count). The van der Waals surface area contributed by atoms with E-state index < -0.39 is 18.5 Å². The van der Waals surface area contributed by atoms with Gasteiger partial charge in [-0.1, -0.05) is 24.1 Å². The molecule has 0 aromatic heterocycles. The number of nitrogens with zero attached hydrogens (tertiary/aromatic N) is 1. The Labute approximate surface area is 172 Å². The summed E-state index contributed by atoms with van der Waals surface area (Å²) in [6.07, 6.45) is 5.04. The van der Waals surface area contributed by atoms with E-state index in [1.165, 1.54) is 0 Å². The van der Waals surface area contributed by atoms with Gasteiger partial charge in [-0.2, -0.15) is 5.26 Å². The van der Waals surface area contributed by atoms with Crippen LogP contribution in [0.2, 0.25) is 0 Å². The van der Waals surface area contributed by atoms with Crippen LogP contribution in [0.25, 0.3) is 0 Å². The number of thioether (sulfide) groups is 1. The van der Waals surface area contributed by atoms with Crippen LogP contribution in [0.1, 0.15) is 15.9 Å². The minimum Gasteiger partial charge on any atom is -0.452 e. The van der Waals surface area contributed by atoms with Crippen LogP contribution in [0.5, 0.6) is 0 Å². The van der Waals surface area contributed by atoms with Gasteiger partial charge in [0.15, 0.2) is 6.61 Å². The molecule has 2 amide bonds. The third kappa shape index (κ3) is 7.06. The summed E-state index contributed by atoms with van der Waals surface area (Å²) in [6.45, 7) is -0.398. The number of carbonyl (C=O) groups excluding carboxylic acids is 3. The van der Waals surface area contributed by atoms with Crippen LogP contribution in [0.3, 0.4) is 0 Å². The summed E-state index contributed by atoms with van der Waals surface area (Å²) in [5.41, 5.74) is 1.21. The molecular weight excluding hydrogens is 390 g/mol. The number of hydrogen-bond donors (Lipinski definition) is 2. The highest BCUT2D eigenvalue weighted by atomic mass is 32.2. The summed E-state index contributed by atoms with van der Waals surface area (Å²) in [5, 5.41) is 14.0. The monoisotopic (exact) mass is 407 g/mol. The van der Waals surface area contributed by atoms with Crippen molar-refractivity contribution < 1.29 is 19.1 Å². The molecule has 0 saturated heterocycles. The second kappa shape index (κ2) is 11.2. The van der Waals surface area contributed by atoms with Gasteiger partial charge in [0, 0.05) is 10.6 Å². The van der Waals surface area contributed by atoms with Crippen LogP contribution in [-0.4, -0.2) is 36.7 Å². The lowest BCUT2D eigenvalue weighted by molar-refractivity contribution is -0.124. The first-order valence-corrected chi connectivity index (χ1v) is 9.41. The molecule has 7 nitrogen and oxygen atoms in total. The first-order valence-electron chi connectivity index (χ1n) is 8.42. The molecule has 0 aliphatic rings. The predicted octanol–water partition coefficient (Wildman–Crippen LogP) is 2.20. The van der Waals surface area contributed by atoms with Crippen molar-refractivity contribution in [3.05, 3.63) is 59.7 Å². The maximum atomic E-state index is 12.3. The van der Waals surface area contributed by atoms with Crippen LogP contribution in [-0.2, 0) is 14.3 Å². The molecule has 0 aliphatic heterocycles. The summed E-state index contributed by atoms with van der Waals surface area (Å²) in [7, 11) is 0. The standard InChI is InChI=1S/C21H17N3O4S/c1-2-10-23-19(25)13-28-21(27)17-8-3-4-9-18(17)29-14-20(26)24-16-7-5-6-15(11-16)12-22/h1,3-9,11H,10,13-14H2,(H,23,25)(H,24,26). The highest BCUT2D eigenvalue weighted by molar-refractivity contribution is 8.00. The average molecular weight is 407 g/mol. The number of anilines is 1. The van der Waals surface area contributed by atoms with Gasteiger partial charge in [-0.15, -0.1) is 18.2 Å². The number of amides is 2. The van der Waals surface area contributed by atoms with Crippen LogP contribution in [0.15, 0.2) is 53.4 Å². The normalized spacial score (nSPS) is 9.59. The van der Waals surface area contributed by atoms with Crippen molar-refractivity contribution in [3.63, 3.8) is 0 Å². The molecule has 0 aliphatic carbocycles. The Kier molecular flexibility index (Phi) is 8.30. The van der Waals surface area contributed by atoms with Gasteiger partial charge in [-0.3, -0.25) is 9.59 Å². The lowest BCUT2D eigenvalue weighted by atomic mass is 10.2. The number of ether oxygens (including phenoxy) is 1. The largest absolute Gasteiger partial charge is 0.452 e. The molecule has 0 saturated carbocycles. The van der Waals surface area contributed by atoms with Gasteiger partial charge in [0.2, 0.25) is 5.91 Å². The summed E-state index contributed by atoms with van der Waals surface area (Å²) >= 11 is 1.16. The first kappa shape index (κ1) is 21.5. The van der Waals surface area contributed by atoms with Gasteiger partial charge in [-0.05, 0) is 30.3 Å². The highest BCUT2D eigenvalue weighted by Gasteiger charge is 2.15. The Hall–Kier alpha value is -3.75. The number of hydrogen-bond acceptors (Lipinski definition) is 6. The van der Waals surface area contributed by atoms with Crippen LogP contribution in [0, 0.1) is 23.7 Å². The molecule has 2 N–H and O–H groups in total. The molecule has 0 radical (unpaired) electrons. The number of rotatable bonds is 8. The Balaban J connectivity index is 1.93. The first-order chi connectivity index (χ1) is 14.0. The number of carbonyl (C=O) groups is 3. The van der Waals surface area contributed by atoms with E-state index in [1.54, 1.807) is 48.5 Å². The minimum absolute atomic E-state index is 0.0454. The Morgan fingerprint density at radius 1 is 1.10 bits per heavy atom. The van der Waals surface area contributed by atoms with E-state index in [0.717, 1.165) is 11.8 Å². The number of benzene rings is 2. The second-order valence-electron chi connectivity index (χ2n) is 5.58. The van der Waals surface area contributed by atoms with E-state index in [9.17, 15) is 14.4 Å². The smallest absolute Gasteiger partial charge is 0.339 e. The molecule has 0 bridgehead atoms. The van der Waals surface area contributed by atoms with Gasteiger partial charge in [-0.25, -0.2) is 4.79 Å². The van der Waals surface area contributed by atoms with Crippen molar-refractivity contribution >= 4 is 35.2 Å². The van der Waals surface area contributed by atoms with Crippen molar-refractivity contribution in [3.8, 4) is 18.4 Å². The van der Waals surface area contributed by atoms with E-state index in [2.05, 4.69) is 16.6 Å². The number of nitrogens with one attached hydrogen (secondary N) is 2. The van der Waals surface area contributed by atoms with Gasteiger partial charge >= 0.3 is 5.97 Å². The molecule has 0 unspecified atom stereocenters. The van der Waals surface area contributed by atoms with E-state index >= 15 is 0 Å². The lowest BCUT2D eigenvalue weighted by Gasteiger charge is -2.10. The van der Waals surface area contributed by atoms with Crippen molar-refractivity contribution in [1.82, 2.24) is 5.32 Å². The van der Waals surface area contributed by atoms with Gasteiger partial charge in [0.1, 0.15) is 0 Å². The molecular formula is C21H17N3O4S. The molecule has 2 aromatic rings. The SMILES string of the molecule is C#CCNC(=O)COC(=O)c1ccccc1SCC(=O)Nc1cccc(C#N)c1. The topological polar surface area (TPSA) is 108 Å². The van der Waals surface area contributed by atoms with Gasteiger partial charge in [0.05, 0.1) is 29.5 Å². The molecule has 29 heavy (non-hydrogen) atoms. The predicted molar refractivity (Wildman–Crippen MR) is 109 cm³/mol. The van der Waals surface area contributed by atoms with Crippen LogP contribution < -0.4 is 10.6 Å². The summed E-state index contributed by atoms with van der Waals surface area (Å²) < 4.78 is 4.99. The molecule has 8 heteroatoms. The summed E-state index contributed by atoms with van der Waals surface area (Å²) in [4.78, 5) is 36.5. The fourth-order valence-corrected chi connectivity index (χ4v) is 3.02. The van der Waals surface area contributed by atoms with Crippen molar-refractivity contribution in [2.75, 3.05) is 24.2 Å². The third-order valence-electron chi connectivity index (χ3n) is 3.46. The summed E-state index contributed by atoms with van der Waals surface area (Å²) in [5.74, 6) is 0.829. The third-order valence-corrected chi connectivity index (χ3v) is 4.54. The second-order valence-corrected chi connectivity index (χ2v) is 6.60. The molecule has 0 fully saturated rings. The van der Waals surface area contributed by atoms with Crippen molar-refractivity contribution in [2.45, 2.75) is 4.90 Å². The Morgan fingerprint density at radius 3 is 2.66 bits per heavy atom. The number of nitriles is 1. The van der Waals surface area contributed by atoms with Gasteiger partial charge in [0.25, 0.3) is 5.91 Å². The molecule has 0 spiro atoms. The van der Waals surface area contributed by atoms with E-state index in [4.69, 9.17) is 16.4 Å². The fourth-order valence-electron chi connectivity index (χ4n) is 2.18.